The summed E-state index contributed by atoms with van der Waals surface area (Å²) in [6, 6.07) is 20.8. The number of aromatic nitrogens is 1. The van der Waals surface area contributed by atoms with Crippen LogP contribution >= 0.6 is 11.3 Å². The topological polar surface area (TPSA) is 23.4 Å². The van der Waals surface area contributed by atoms with Crippen molar-refractivity contribution < 1.29 is 9.47 Å². The molecule has 1 aliphatic heterocycles. The lowest BCUT2D eigenvalue weighted by Crippen LogP contribution is -2.14. The fourth-order valence-electron chi connectivity index (χ4n) is 2.87. The van der Waals surface area contributed by atoms with Gasteiger partial charge in [-0.05, 0) is 22.9 Å². The minimum Gasteiger partial charge on any atom is -0.485 e. The van der Waals surface area contributed by atoms with Crippen LogP contribution in [-0.4, -0.2) is 17.8 Å². The first-order valence-electron chi connectivity index (χ1n) is 8.25. The molecule has 2 aromatic carbocycles. The van der Waals surface area contributed by atoms with Crippen molar-refractivity contribution in [3.63, 3.8) is 0 Å². The highest BCUT2D eigenvalue weighted by Gasteiger charge is 2.20. The van der Waals surface area contributed by atoms with Crippen LogP contribution in [0.15, 0.2) is 72.2 Å². The van der Waals surface area contributed by atoms with Crippen molar-refractivity contribution >= 4 is 22.1 Å². The van der Waals surface area contributed by atoms with Crippen molar-refractivity contribution in [1.29, 1.82) is 0 Å². The molecule has 0 fully saturated rings. The maximum Gasteiger partial charge on any atom is 0.181 e. The second-order valence-corrected chi connectivity index (χ2v) is 6.69. The molecule has 4 heteroatoms. The Morgan fingerprint density at radius 1 is 0.840 bits per heavy atom. The van der Waals surface area contributed by atoms with Crippen molar-refractivity contribution in [3.8, 4) is 22.1 Å². The summed E-state index contributed by atoms with van der Waals surface area (Å²) in [7, 11) is 2.03. The Kier molecular flexibility index (Phi) is 4.44. The molecule has 0 bridgehead atoms. The molecule has 0 N–H and O–H groups in total. The van der Waals surface area contributed by atoms with E-state index in [1.807, 2.05) is 24.7 Å². The zero-order valence-corrected chi connectivity index (χ0v) is 14.8. The van der Waals surface area contributed by atoms with E-state index in [1.54, 1.807) is 11.3 Å². The van der Waals surface area contributed by atoms with Crippen LogP contribution in [-0.2, 0) is 7.05 Å². The minimum atomic E-state index is 0.640. The maximum absolute atomic E-state index is 5.65. The highest BCUT2D eigenvalue weighted by atomic mass is 32.1. The van der Waals surface area contributed by atoms with Gasteiger partial charge in [0.25, 0.3) is 0 Å². The highest BCUT2D eigenvalue weighted by Crippen LogP contribution is 2.45. The highest BCUT2D eigenvalue weighted by molar-refractivity contribution is 7.14. The summed E-state index contributed by atoms with van der Waals surface area (Å²) in [5.74, 6) is 1.77. The molecule has 0 spiro atoms. The number of thiophene rings is 1. The van der Waals surface area contributed by atoms with Crippen molar-refractivity contribution in [2.45, 2.75) is 0 Å². The van der Waals surface area contributed by atoms with Crippen LogP contribution in [0, 0.1) is 0 Å². The van der Waals surface area contributed by atoms with E-state index in [9.17, 15) is 0 Å². The number of hydrogen-bond acceptors (Lipinski definition) is 3. The fourth-order valence-corrected chi connectivity index (χ4v) is 3.87. The molecule has 0 atom stereocenters. The van der Waals surface area contributed by atoms with E-state index in [4.69, 9.17) is 9.47 Å². The van der Waals surface area contributed by atoms with E-state index < -0.39 is 0 Å². The Morgan fingerprint density at radius 3 is 2.08 bits per heavy atom. The predicted molar refractivity (Wildman–Crippen MR) is 104 cm³/mol. The number of ether oxygens (including phenoxy) is 2. The predicted octanol–water partition coefficient (Wildman–Crippen LogP) is 5.36. The quantitative estimate of drug-likeness (QED) is 0.461. The number of benzene rings is 2. The van der Waals surface area contributed by atoms with Crippen molar-refractivity contribution in [1.82, 2.24) is 4.57 Å². The van der Waals surface area contributed by atoms with Gasteiger partial charge < -0.3 is 14.0 Å². The van der Waals surface area contributed by atoms with Gasteiger partial charge in [0.2, 0.25) is 0 Å². The summed E-state index contributed by atoms with van der Waals surface area (Å²) >= 11 is 1.67. The van der Waals surface area contributed by atoms with Gasteiger partial charge >= 0.3 is 0 Å². The first-order valence-corrected chi connectivity index (χ1v) is 9.13. The molecule has 0 aliphatic carbocycles. The first-order chi connectivity index (χ1) is 12.3. The summed E-state index contributed by atoms with van der Waals surface area (Å²) in [5, 5.41) is 4.63. The summed E-state index contributed by atoms with van der Waals surface area (Å²) in [6.45, 7) is 1.29. The van der Waals surface area contributed by atoms with Gasteiger partial charge in [0, 0.05) is 18.6 Å². The first kappa shape index (κ1) is 15.8. The van der Waals surface area contributed by atoms with E-state index in [0.29, 0.717) is 13.2 Å². The molecule has 3 heterocycles. The Morgan fingerprint density at radius 2 is 1.48 bits per heavy atom. The van der Waals surface area contributed by atoms with Crippen molar-refractivity contribution in [2.75, 3.05) is 13.2 Å². The molecule has 5 rings (SSSR count). The number of hydrogen-bond donors (Lipinski definition) is 0. The lowest BCUT2D eigenvalue weighted by molar-refractivity contribution is 0.174. The molecule has 3 nitrogen and oxygen atoms in total. The fraction of sp³-hybridized carbons (Fsp3) is 0.143. The molecule has 0 radical (unpaired) electrons. The van der Waals surface area contributed by atoms with Gasteiger partial charge in [0.1, 0.15) is 13.2 Å². The molecule has 0 saturated carbocycles. The Bertz CT molecular complexity index is 921. The second kappa shape index (κ2) is 7.03. The monoisotopic (exact) mass is 349 g/mol. The molecular weight excluding hydrogens is 330 g/mol. The van der Waals surface area contributed by atoms with Crippen LogP contribution in [0.5, 0.6) is 11.5 Å². The molecule has 25 heavy (non-hydrogen) atoms. The SMILES string of the molecule is Cn1cccc1-c1scc2c1OCCO2.c1ccc2ccccc2c1. The number of aryl methyl sites for hydroxylation is 1. The Labute approximate surface area is 151 Å². The Hall–Kier alpha value is -2.72. The standard InChI is InChI=1S/C11H11NO2S.C10H8/c1-12-4-2-3-8(12)11-10-9(7-15-11)13-5-6-14-10;1-2-6-10-8-4-3-7-9(10)5-1/h2-4,7H,5-6H2,1H3;1-8H. The lowest BCUT2D eigenvalue weighted by atomic mass is 10.1. The molecule has 1 aliphatic rings. The number of fused-ring (bicyclic) bond motifs is 2. The van der Waals surface area contributed by atoms with Gasteiger partial charge in [-0.2, -0.15) is 0 Å². The molecular formula is C21H19NO2S. The molecule has 0 unspecified atom stereocenters. The third kappa shape index (κ3) is 3.26. The van der Waals surface area contributed by atoms with E-state index >= 15 is 0 Å². The second-order valence-electron chi connectivity index (χ2n) is 5.81. The van der Waals surface area contributed by atoms with E-state index in [0.717, 1.165) is 16.4 Å². The Balaban J connectivity index is 0.000000136. The smallest absolute Gasteiger partial charge is 0.181 e. The van der Waals surface area contributed by atoms with Crippen LogP contribution in [0.4, 0.5) is 0 Å². The summed E-state index contributed by atoms with van der Waals surface area (Å²) in [4.78, 5) is 1.15. The molecule has 4 aromatic rings. The normalized spacial score (nSPS) is 12.5. The van der Waals surface area contributed by atoms with Crippen LogP contribution in [0.2, 0.25) is 0 Å². The van der Waals surface area contributed by atoms with Gasteiger partial charge in [0.05, 0.1) is 10.6 Å². The van der Waals surface area contributed by atoms with Gasteiger partial charge in [-0.3, -0.25) is 0 Å². The van der Waals surface area contributed by atoms with Gasteiger partial charge in [-0.15, -0.1) is 11.3 Å². The largest absolute Gasteiger partial charge is 0.485 e. The maximum atomic E-state index is 5.65. The van der Waals surface area contributed by atoms with Gasteiger partial charge in [0.15, 0.2) is 11.5 Å². The molecule has 0 saturated heterocycles. The van der Waals surface area contributed by atoms with Crippen molar-refractivity contribution in [2.24, 2.45) is 7.05 Å². The molecule has 2 aromatic heterocycles. The van der Waals surface area contributed by atoms with Gasteiger partial charge in [-0.25, -0.2) is 0 Å². The zero-order chi connectivity index (χ0) is 17.1. The van der Waals surface area contributed by atoms with Gasteiger partial charge in [-0.1, -0.05) is 48.5 Å². The van der Waals surface area contributed by atoms with Crippen LogP contribution in [0.1, 0.15) is 0 Å². The molecule has 126 valence electrons. The van der Waals surface area contributed by atoms with Crippen LogP contribution < -0.4 is 9.47 Å². The van der Waals surface area contributed by atoms with Crippen LogP contribution in [0.3, 0.4) is 0 Å². The third-order valence-corrected chi connectivity index (χ3v) is 5.10. The average Bonchev–Trinajstić information content (AvgIpc) is 3.28. The number of rotatable bonds is 1. The van der Waals surface area contributed by atoms with E-state index in [-0.39, 0.29) is 0 Å². The lowest BCUT2D eigenvalue weighted by Gasteiger charge is -2.16. The van der Waals surface area contributed by atoms with E-state index in [2.05, 4.69) is 59.2 Å². The average molecular weight is 349 g/mol. The minimum absolute atomic E-state index is 0.640. The number of nitrogens with zero attached hydrogens (tertiary/aromatic N) is 1. The van der Waals surface area contributed by atoms with E-state index in [1.165, 1.54) is 16.5 Å². The van der Waals surface area contributed by atoms with Crippen molar-refractivity contribution in [3.05, 3.63) is 72.2 Å². The summed E-state index contributed by atoms with van der Waals surface area (Å²) in [5.41, 5.74) is 1.17. The summed E-state index contributed by atoms with van der Waals surface area (Å²) in [6.07, 6.45) is 2.03. The molecule has 0 amide bonds. The van der Waals surface area contributed by atoms with Crippen LogP contribution in [0.25, 0.3) is 21.3 Å². The summed E-state index contributed by atoms with van der Waals surface area (Å²) < 4.78 is 13.3. The zero-order valence-electron chi connectivity index (χ0n) is 14.0. The third-order valence-electron chi connectivity index (χ3n) is 4.14.